The molecule has 11 nitrogen and oxygen atoms in total. The van der Waals surface area contributed by atoms with Gasteiger partial charge in [-0.3, -0.25) is 23.4 Å². The fraction of sp³-hybridized carbons (Fsp3) is 0.683. The monoisotopic (exact) mass is 1030 g/mol. The van der Waals surface area contributed by atoms with E-state index >= 15 is 0 Å². The summed E-state index contributed by atoms with van der Waals surface area (Å²) in [7, 11) is -4.78. The second-order valence-corrected chi connectivity index (χ2v) is 19.8. The minimum atomic E-state index is -4.78. The minimum absolute atomic E-state index is 0.0388. The Morgan fingerprint density at radius 3 is 1.08 bits per heavy atom. The quantitative estimate of drug-likeness (QED) is 0.0197. The summed E-state index contributed by atoms with van der Waals surface area (Å²) in [5.41, 5.74) is 0. The van der Waals surface area contributed by atoms with Crippen LogP contribution in [0.15, 0.2) is 97.2 Å². The largest absolute Gasteiger partial charge is 0.472 e. The first-order valence-corrected chi connectivity index (χ1v) is 29.6. The third-order valence-electron chi connectivity index (χ3n) is 11.5. The van der Waals surface area contributed by atoms with Crippen LogP contribution in [0.1, 0.15) is 226 Å². The first kappa shape index (κ1) is 68.4. The van der Waals surface area contributed by atoms with Gasteiger partial charge in [0.1, 0.15) is 12.7 Å². The predicted molar refractivity (Wildman–Crippen MR) is 297 cm³/mol. The number of unbranched alkanes of at least 4 members (excludes halogenated alkanes) is 18. The molecule has 0 aliphatic rings. The molecule has 12 heteroatoms. The van der Waals surface area contributed by atoms with Gasteiger partial charge in [-0.1, -0.05) is 234 Å². The highest BCUT2D eigenvalue weighted by Gasteiger charge is 2.28. The number of hydrogen-bond donors (Lipinski definition) is 2. The molecule has 3 atom stereocenters. The molecular weight excluding hydrogens is 928 g/mol. The van der Waals surface area contributed by atoms with Crippen molar-refractivity contribution in [1.29, 1.82) is 0 Å². The highest BCUT2D eigenvalue weighted by Crippen LogP contribution is 2.43. The van der Waals surface area contributed by atoms with Gasteiger partial charge in [0.15, 0.2) is 6.10 Å². The molecule has 0 aliphatic carbocycles. The maximum Gasteiger partial charge on any atom is 0.472 e. The lowest BCUT2D eigenvalue weighted by Gasteiger charge is -2.21. The summed E-state index contributed by atoms with van der Waals surface area (Å²) in [6, 6.07) is 0. The van der Waals surface area contributed by atoms with E-state index in [2.05, 4.69) is 87.6 Å². The topological polar surface area (TPSA) is 155 Å². The van der Waals surface area contributed by atoms with Gasteiger partial charge in [0, 0.05) is 19.3 Å². The summed E-state index contributed by atoms with van der Waals surface area (Å²) >= 11 is 0. The van der Waals surface area contributed by atoms with Gasteiger partial charge < -0.3 is 24.2 Å². The smallest absolute Gasteiger partial charge is 0.462 e. The molecule has 2 N–H and O–H groups in total. The number of ether oxygens (including phenoxy) is 3. The molecule has 0 saturated heterocycles. The summed E-state index contributed by atoms with van der Waals surface area (Å²) in [5.74, 6) is -1.65. The second-order valence-electron chi connectivity index (χ2n) is 18.3. The maximum atomic E-state index is 12.9. The van der Waals surface area contributed by atoms with Crippen LogP contribution in [0.5, 0.6) is 0 Å². The van der Waals surface area contributed by atoms with E-state index in [0.717, 1.165) is 70.6 Å². The molecule has 412 valence electrons. The SMILES string of the molecule is CC/C=C\C/C=C\C/C=C\C/C=C\CCC(=O)OC(CO)COP(=O)(O)OCC(COC(=O)CCCCCCCCCCCCCCCCCCCCC)OC(=O)CC/C=C\C/C=C\C/C=C\C/C=C\CC. The Morgan fingerprint density at radius 2 is 0.722 bits per heavy atom. The van der Waals surface area contributed by atoms with E-state index in [-0.39, 0.29) is 25.9 Å². The molecule has 0 radical (unpaired) electrons. The van der Waals surface area contributed by atoms with Crippen molar-refractivity contribution in [2.75, 3.05) is 26.4 Å². The number of phosphoric ester groups is 1. The van der Waals surface area contributed by atoms with Gasteiger partial charge in [0.2, 0.25) is 0 Å². The number of esters is 3. The standard InChI is InChI=1S/C60H101O11P/c1-4-7-10-13-16-19-22-25-26-27-28-29-30-33-34-37-40-43-46-49-58(62)67-53-57(71-60(64)51-48-45-42-39-36-32-24-21-18-15-12-9-6-3)55-69-72(65,66)68-54-56(52-61)70-59(63)50-47-44-41-38-35-31-23-20-17-14-11-8-5-2/h8-9,11-12,17-18,20-21,31-32,35-36,41-42,44-45,56-57,61H,4-7,10,13-16,19,22-30,33-34,37-40,43,46-55H2,1-3H3,(H,65,66)/b11-8-,12-9-,20-17-,21-18-,35-31-,36-32-,44-41-,45-42-. The van der Waals surface area contributed by atoms with E-state index in [1.54, 1.807) is 0 Å². The lowest BCUT2D eigenvalue weighted by atomic mass is 10.0. The van der Waals surface area contributed by atoms with E-state index < -0.39 is 57.8 Å². The van der Waals surface area contributed by atoms with Crippen molar-refractivity contribution >= 4 is 25.7 Å². The van der Waals surface area contributed by atoms with Gasteiger partial charge in [-0.25, -0.2) is 4.57 Å². The third-order valence-corrected chi connectivity index (χ3v) is 12.5. The lowest BCUT2D eigenvalue weighted by molar-refractivity contribution is -0.161. The average Bonchev–Trinajstić information content (AvgIpc) is 3.37. The molecule has 3 unspecified atom stereocenters. The third kappa shape index (κ3) is 51.3. The van der Waals surface area contributed by atoms with E-state index in [9.17, 15) is 28.9 Å². The molecule has 0 aliphatic heterocycles. The fourth-order valence-electron chi connectivity index (χ4n) is 7.33. The van der Waals surface area contributed by atoms with Gasteiger partial charge >= 0.3 is 25.7 Å². The van der Waals surface area contributed by atoms with Crippen LogP contribution >= 0.6 is 7.82 Å². The Labute approximate surface area is 438 Å². The molecule has 72 heavy (non-hydrogen) atoms. The van der Waals surface area contributed by atoms with Crippen LogP contribution in [-0.4, -0.2) is 66.5 Å². The maximum absolute atomic E-state index is 12.9. The number of hydrogen-bond acceptors (Lipinski definition) is 10. The Morgan fingerprint density at radius 1 is 0.403 bits per heavy atom. The molecule has 0 bridgehead atoms. The number of aliphatic hydroxyl groups excluding tert-OH is 1. The van der Waals surface area contributed by atoms with E-state index in [4.69, 9.17) is 23.3 Å². The van der Waals surface area contributed by atoms with Crippen LogP contribution in [0.25, 0.3) is 0 Å². The molecule has 0 aromatic rings. The van der Waals surface area contributed by atoms with Crippen LogP contribution < -0.4 is 0 Å². The number of carbonyl (C=O) groups excluding carboxylic acids is 3. The molecule has 0 aromatic heterocycles. The van der Waals surface area contributed by atoms with E-state index in [0.29, 0.717) is 19.3 Å². The molecule has 0 aromatic carbocycles. The Bertz CT molecular complexity index is 1580. The second kappa shape index (κ2) is 53.7. The van der Waals surface area contributed by atoms with Gasteiger partial charge in [-0.2, -0.15) is 0 Å². The average molecular weight is 1030 g/mol. The molecular formula is C60H101O11P. The minimum Gasteiger partial charge on any atom is -0.462 e. The summed E-state index contributed by atoms with van der Waals surface area (Å²) in [4.78, 5) is 48.4. The van der Waals surface area contributed by atoms with E-state index in [1.807, 2.05) is 30.4 Å². The summed E-state index contributed by atoms with van der Waals surface area (Å²) < 4.78 is 39.3. The lowest BCUT2D eigenvalue weighted by Crippen LogP contribution is -2.30. The van der Waals surface area contributed by atoms with Crippen LogP contribution in [0.4, 0.5) is 0 Å². The summed E-state index contributed by atoms with van der Waals surface area (Å²) in [5, 5.41) is 9.77. The Kier molecular flexibility index (Phi) is 51.0. The van der Waals surface area contributed by atoms with Crippen molar-refractivity contribution in [1.82, 2.24) is 0 Å². The van der Waals surface area contributed by atoms with Gasteiger partial charge in [-0.15, -0.1) is 0 Å². The Hall–Kier alpha value is -3.60. The Balaban J connectivity index is 4.80. The zero-order valence-corrected chi connectivity index (χ0v) is 46.3. The van der Waals surface area contributed by atoms with Gasteiger partial charge in [0.05, 0.1) is 19.8 Å². The molecule has 0 fully saturated rings. The first-order valence-electron chi connectivity index (χ1n) is 28.1. The fourth-order valence-corrected chi connectivity index (χ4v) is 8.11. The molecule has 0 amide bonds. The zero-order valence-electron chi connectivity index (χ0n) is 45.4. The summed E-state index contributed by atoms with van der Waals surface area (Å²) in [6.45, 7) is 4.25. The van der Waals surface area contributed by atoms with Crippen molar-refractivity contribution in [3.05, 3.63) is 97.2 Å². The number of allylic oxidation sites excluding steroid dienone is 16. The van der Waals surface area contributed by atoms with Gasteiger partial charge in [-0.05, 0) is 70.6 Å². The van der Waals surface area contributed by atoms with Gasteiger partial charge in [0.25, 0.3) is 0 Å². The van der Waals surface area contributed by atoms with Crippen LogP contribution in [-0.2, 0) is 42.2 Å². The van der Waals surface area contributed by atoms with Crippen molar-refractivity contribution in [2.24, 2.45) is 0 Å². The van der Waals surface area contributed by atoms with Crippen molar-refractivity contribution in [3.8, 4) is 0 Å². The normalized spacial score (nSPS) is 14.1. The molecule has 0 rings (SSSR count). The van der Waals surface area contributed by atoms with Crippen LogP contribution in [0.3, 0.4) is 0 Å². The first-order chi connectivity index (χ1) is 35.2. The van der Waals surface area contributed by atoms with Crippen molar-refractivity contribution < 1.29 is 52.2 Å². The predicted octanol–water partition coefficient (Wildman–Crippen LogP) is 16.5. The molecule has 0 heterocycles. The van der Waals surface area contributed by atoms with Crippen LogP contribution in [0.2, 0.25) is 0 Å². The zero-order chi connectivity index (χ0) is 52.7. The van der Waals surface area contributed by atoms with E-state index in [1.165, 1.54) is 96.3 Å². The highest BCUT2D eigenvalue weighted by molar-refractivity contribution is 7.47. The van der Waals surface area contributed by atoms with Crippen LogP contribution in [0, 0.1) is 0 Å². The molecule has 0 spiro atoms. The summed E-state index contributed by atoms with van der Waals surface area (Å²) in [6.07, 6.45) is 62.8. The molecule has 0 saturated carbocycles. The number of rotatable bonds is 51. The number of phosphoric acid groups is 1. The number of carbonyl (C=O) groups is 3. The van der Waals surface area contributed by atoms with Crippen molar-refractivity contribution in [3.63, 3.8) is 0 Å². The number of aliphatic hydroxyl groups is 1. The highest BCUT2D eigenvalue weighted by atomic mass is 31.2. The van der Waals surface area contributed by atoms with Crippen molar-refractivity contribution in [2.45, 2.75) is 238 Å².